The molecule has 1 saturated carbocycles. The Morgan fingerprint density at radius 2 is 1.71 bits per heavy atom. The summed E-state index contributed by atoms with van der Waals surface area (Å²) in [6, 6.07) is 13.1. The maximum atomic E-state index is 6.19. The van der Waals surface area contributed by atoms with Crippen molar-refractivity contribution in [2.45, 2.75) is 74.4 Å². The minimum Gasteiger partial charge on any atom is -0.399 e. The average molecular weight is 507 g/mol. The lowest BCUT2D eigenvalue weighted by atomic mass is 9.78. The van der Waals surface area contributed by atoms with Crippen LogP contribution >= 0.6 is 34.4 Å². The summed E-state index contributed by atoms with van der Waals surface area (Å²) in [6.45, 7) is 8.39. The van der Waals surface area contributed by atoms with E-state index in [4.69, 9.17) is 9.31 Å². The zero-order valence-electron chi connectivity index (χ0n) is 16.9. The van der Waals surface area contributed by atoms with Crippen LogP contribution in [-0.2, 0) is 9.31 Å². The third kappa shape index (κ3) is 4.02. The number of benzene rings is 1. The van der Waals surface area contributed by atoms with Crippen molar-refractivity contribution in [2.24, 2.45) is 0 Å². The maximum absolute atomic E-state index is 6.19. The minimum atomic E-state index is -0.302. The van der Waals surface area contributed by atoms with Crippen LogP contribution in [0.15, 0.2) is 47.6 Å². The Kier molecular flexibility index (Phi) is 5.86. The first-order chi connectivity index (χ1) is 13.3. The molecule has 1 saturated heterocycles. The molecule has 0 amide bonds. The number of rotatable bonds is 4. The summed E-state index contributed by atoms with van der Waals surface area (Å²) in [6.07, 6.45) is 5.68. The number of halogens is 1. The van der Waals surface area contributed by atoms with Gasteiger partial charge in [0.15, 0.2) is 0 Å². The number of thioether (sulfide) groups is 1. The highest BCUT2D eigenvalue weighted by molar-refractivity contribution is 14.1. The Hall–Kier alpha value is -0.565. The van der Waals surface area contributed by atoms with Crippen LogP contribution in [0.4, 0.5) is 0 Å². The van der Waals surface area contributed by atoms with Crippen LogP contribution in [-0.4, -0.2) is 28.6 Å². The topological polar surface area (TPSA) is 31.4 Å². The maximum Gasteiger partial charge on any atom is 0.494 e. The molecule has 1 aromatic heterocycles. The first kappa shape index (κ1) is 20.7. The van der Waals surface area contributed by atoms with E-state index in [-0.39, 0.29) is 18.3 Å². The van der Waals surface area contributed by atoms with Gasteiger partial charge in [-0.15, -0.1) is 11.8 Å². The normalized spacial score (nSPS) is 26.0. The van der Waals surface area contributed by atoms with Crippen molar-refractivity contribution < 1.29 is 9.31 Å². The molecular weight excluding hydrogens is 480 g/mol. The highest BCUT2D eigenvalue weighted by Crippen LogP contribution is 2.44. The van der Waals surface area contributed by atoms with E-state index in [9.17, 15) is 0 Å². The summed E-state index contributed by atoms with van der Waals surface area (Å²) >= 11 is 4.33. The van der Waals surface area contributed by atoms with Gasteiger partial charge in [-0.05, 0) is 92.2 Å². The molecule has 1 aromatic carbocycles. The molecule has 28 heavy (non-hydrogen) atoms. The van der Waals surface area contributed by atoms with Gasteiger partial charge >= 0.3 is 7.12 Å². The average Bonchev–Trinajstić information content (AvgIpc) is 3.19. The van der Waals surface area contributed by atoms with Crippen LogP contribution in [0.5, 0.6) is 0 Å². The number of pyridine rings is 1. The second-order valence-corrected chi connectivity index (χ2v) is 11.1. The van der Waals surface area contributed by atoms with Gasteiger partial charge < -0.3 is 9.31 Å². The molecule has 0 spiro atoms. The molecule has 1 aliphatic heterocycles. The van der Waals surface area contributed by atoms with E-state index in [1.54, 1.807) is 0 Å². The van der Waals surface area contributed by atoms with Gasteiger partial charge in [-0.1, -0.05) is 30.7 Å². The number of hydrogen-bond donors (Lipinski definition) is 0. The van der Waals surface area contributed by atoms with Gasteiger partial charge in [-0.2, -0.15) is 0 Å². The molecule has 1 aliphatic carbocycles. The summed E-state index contributed by atoms with van der Waals surface area (Å²) in [5.41, 5.74) is 1.91. The summed E-state index contributed by atoms with van der Waals surface area (Å²) in [7, 11) is -0.289. The Morgan fingerprint density at radius 1 is 1.04 bits per heavy atom. The minimum absolute atomic E-state index is 0.289. The van der Waals surface area contributed by atoms with Crippen LogP contribution in [0.2, 0.25) is 0 Å². The quantitative estimate of drug-likeness (QED) is 0.409. The Labute approximate surface area is 186 Å². The van der Waals surface area contributed by atoms with Crippen molar-refractivity contribution in [3.8, 4) is 0 Å². The van der Waals surface area contributed by atoms with E-state index in [0.717, 1.165) is 10.5 Å². The van der Waals surface area contributed by atoms with Gasteiger partial charge in [0.05, 0.1) is 11.2 Å². The Morgan fingerprint density at radius 3 is 2.36 bits per heavy atom. The van der Waals surface area contributed by atoms with E-state index in [0.29, 0.717) is 11.2 Å². The molecule has 2 atom stereocenters. The van der Waals surface area contributed by atoms with Gasteiger partial charge in [-0.3, -0.25) is 0 Å². The molecular formula is C22H27BINO2S. The summed E-state index contributed by atoms with van der Waals surface area (Å²) in [5, 5.41) is 1.75. The van der Waals surface area contributed by atoms with Gasteiger partial charge in [-0.25, -0.2) is 4.98 Å². The zero-order valence-corrected chi connectivity index (χ0v) is 19.9. The van der Waals surface area contributed by atoms with Crippen LogP contribution < -0.4 is 5.46 Å². The smallest absolute Gasteiger partial charge is 0.399 e. The first-order valence-electron chi connectivity index (χ1n) is 9.99. The molecule has 0 bridgehead atoms. The first-order valence-corrected chi connectivity index (χ1v) is 12.0. The fraction of sp³-hybridized carbons (Fsp3) is 0.500. The predicted molar refractivity (Wildman–Crippen MR) is 125 cm³/mol. The number of aromatic nitrogens is 1. The SMILES string of the molecule is CC1(C)OB(c2ccc(C3CCCC3Sc3ncccc3I)cc2)OC1(C)C. The largest absolute Gasteiger partial charge is 0.494 e. The third-order valence-corrected chi connectivity index (χ3v) is 8.98. The fourth-order valence-electron chi connectivity index (χ4n) is 3.93. The molecule has 0 radical (unpaired) electrons. The lowest BCUT2D eigenvalue weighted by molar-refractivity contribution is 0.00578. The third-order valence-electron chi connectivity index (χ3n) is 6.33. The van der Waals surface area contributed by atoms with Gasteiger partial charge in [0.1, 0.15) is 5.03 Å². The van der Waals surface area contributed by atoms with Crippen molar-refractivity contribution in [3.63, 3.8) is 0 Å². The van der Waals surface area contributed by atoms with Crippen molar-refractivity contribution in [1.82, 2.24) is 4.98 Å². The predicted octanol–water partition coefficient (Wildman–Crippen LogP) is 5.41. The molecule has 2 fully saturated rings. The van der Waals surface area contributed by atoms with Crippen molar-refractivity contribution in [2.75, 3.05) is 0 Å². The van der Waals surface area contributed by atoms with Crippen LogP contribution in [0, 0.1) is 3.57 Å². The van der Waals surface area contributed by atoms with E-state index in [1.165, 1.54) is 28.4 Å². The molecule has 4 rings (SSSR count). The lowest BCUT2D eigenvalue weighted by Gasteiger charge is -2.32. The lowest BCUT2D eigenvalue weighted by Crippen LogP contribution is -2.41. The Balaban J connectivity index is 1.48. The fourth-order valence-corrected chi connectivity index (χ4v) is 5.99. The van der Waals surface area contributed by atoms with E-state index >= 15 is 0 Å². The van der Waals surface area contributed by atoms with Crippen molar-refractivity contribution in [1.29, 1.82) is 0 Å². The van der Waals surface area contributed by atoms with Crippen LogP contribution in [0.25, 0.3) is 0 Å². The van der Waals surface area contributed by atoms with Gasteiger partial charge in [0.25, 0.3) is 0 Å². The summed E-state index contributed by atoms with van der Waals surface area (Å²) in [5.74, 6) is 0.579. The standard InChI is InChI=1S/C22H27BINO2S/c1-21(2)22(3,4)27-23(26-21)16-12-10-15(11-13-16)17-7-5-9-19(17)28-20-18(24)8-6-14-25-20/h6,8,10-14,17,19H,5,7,9H2,1-4H3. The molecule has 2 aliphatic rings. The van der Waals surface area contributed by atoms with E-state index in [2.05, 4.69) is 85.6 Å². The van der Waals surface area contributed by atoms with E-state index in [1.807, 2.05) is 24.0 Å². The molecule has 0 N–H and O–H groups in total. The molecule has 3 nitrogen and oxygen atoms in total. The Bertz CT molecular complexity index is 827. The van der Waals surface area contributed by atoms with E-state index < -0.39 is 0 Å². The molecule has 2 aromatic rings. The zero-order chi connectivity index (χ0) is 19.9. The molecule has 148 valence electrons. The summed E-state index contributed by atoms with van der Waals surface area (Å²) in [4.78, 5) is 4.59. The molecule has 2 unspecified atom stereocenters. The van der Waals surface area contributed by atoms with Crippen molar-refractivity contribution in [3.05, 3.63) is 51.7 Å². The van der Waals surface area contributed by atoms with Crippen LogP contribution in [0.1, 0.15) is 58.4 Å². The van der Waals surface area contributed by atoms with Crippen molar-refractivity contribution >= 4 is 46.9 Å². The van der Waals surface area contributed by atoms with Gasteiger partial charge in [0.2, 0.25) is 0 Å². The second kappa shape index (κ2) is 7.93. The molecule has 6 heteroatoms. The highest BCUT2D eigenvalue weighted by Gasteiger charge is 2.51. The van der Waals surface area contributed by atoms with Crippen LogP contribution in [0.3, 0.4) is 0 Å². The van der Waals surface area contributed by atoms with Gasteiger partial charge in [0, 0.05) is 15.0 Å². The second-order valence-electron chi connectivity index (χ2n) is 8.74. The monoisotopic (exact) mass is 507 g/mol. The number of nitrogens with zero attached hydrogens (tertiary/aromatic N) is 1. The highest BCUT2D eigenvalue weighted by atomic mass is 127. The number of hydrogen-bond acceptors (Lipinski definition) is 4. The summed E-state index contributed by atoms with van der Waals surface area (Å²) < 4.78 is 13.6. The molecule has 2 heterocycles.